The Bertz CT molecular complexity index is 1840. The van der Waals surface area contributed by atoms with Crippen LogP contribution in [-0.4, -0.2) is 0 Å². The number of hydrogen-bond acceptors (Lipinski definition) is 0. The lowest BCUT2D eigenvalue weighted by atomic mass is 9.80. The van der Waals surface area contributed by atoms with Crippen LogP contribution in [0.3, 0.4) is 0 Å². The van der Waals surface area contributed by atoms with Crippen molar-refractivity contribution in [1.82, 2.24) is 0 Å². The van der Waals surface area contributed by atoms with Gasteiger partial charge in [0.05, 0.1) is 0 Å². The second-order valence-corrected chi connectivity index (χ2v) is 13.8. The second-order valence-electron chi connectivity index (χ2n) is 13.8. The van der Waals surface area contributed by atoms with E-state index in [2.05, 4.69) is 158 Å². The molecule has 0 heterocycles. The first-order valence-electron chi connectivity index (χ1n) is 18.3. The lowest BCUT2D eigenvalue weighted by molar-refractivity contribution is 0.443. The van der Waals surface area contributed by atoms with Crippen LogP contribution in [0, 0.1) is 0 Å². The molecule has 0 unspecified atom stereocenters. The summed E-state index contributed by atoms with van der Waals surface area (Å²) in [6, 6.07) is 57.5. The first-order valence-corrected chi connectivity index (χ1v) is 18.3. The molecular weight excluding hydrogens is 577 g/mol. The minimum atomic E-state index is 0.721. The molecule has 6 aromatic carbocycles. The molecule has 0 N–H and O–H groups in total. The monoisotopic (exact) mass is 624 g/mol. The van der Waals surface area contributed by atoms with E-state index >= 15 is 0 Å². The van der Waals surface area contributed by atoms with Gasteiger partial charge < -0.3 is 0 Å². The summed E-state index contributed by atoms with van der Waals surface area (Å²) in [4.78, 5) is 0. The molecule has 8 rings (SSSR count). The van der Waals surface area contributed by atoms with Gasteiger partial charge in [0.25, 0.3) is 0 Å². The van der Waals surface area contributed by atoms with Crippen LogP contribution < -0.4 is 0 Å². The van der Waals surface area contributed by atoms with Crippen LogP contribution in [0.2, 0.25) is 0 Å². The van der Waals surface area contributed by atoms with Crippen LogP contribution in [0.4, 0.5) is 0 Å². The van der Waals surface area contributed by atoms with Crippen LogP contribution in [0.5, 0.6) is 0 Å². The van der Waals surface area contributed by atoms with Gasteiger partial charge in [-0.1, -0.05) is 184 Å². The smallest absolute Gasteiger partial charge is 0.0143 e. The zero-order valence-electron chi connectivity index (χ0n) is 28.2. The molecule has 2 aliphatic carbocycles. The molecule has 48 heavy (non-hydrogen) atoms. The summed E-state index contributed by atoms with van der Waals surface area (Å²) < 4.78 is 0. The van der Waals surface area contributed by atoms with Crippen molar-refractivity contribution >= 4 is 0 Å². The van der Waals surface area contributed by atoms with E-state index < -0.39 is 0 Å². The van der Waals surface area contributed by atoms with Crippen molar-refractivity contribution in [2.75, 3.05) is 0 Å². The van der Waals surface area contributed by atoms with Gasteiger partial charge in [-0.05, 0) is 105 Å². The quantitative estimate of drug-likeness (QED) is 0.173. The molecule has 2 fully saturated rings. The lowest BCUT2D eigenvalue weighted by Gasteiger charge is -2.25. The molecule has 0 saturated heterocycles. The molecule has 0 aromatic heterocycles. The molecular formula is C48H48. The Hall–Kier alpha value is -4.68. The van der Waals surface area contributed by atoms with E-state index in [1.54, 1.807) is 5.56 Å². The van der Waals surface area contributed by atoms with Crippen molar-refractivity contribution in [3.8, 4) is 44.5 Å². The van der Waals surface area contributed by atoms with E-state index in [0.29, 0.717) is 0 Å². The van der Waals surface area contributed by atoms with Gasteiger partial charge in [-0.3, -0.25) is 0 Å². The summed E-state index contributed by atoms with van der Waals surface area (Å²) in [6.45, 7) is 0. The summed E-state index contributed by atoms with van der Waals surface area (Å²) in [5.41, 5.74) is 13.6. The standard InChI is InChI=1S/2C24H24/c1-4-10-19(11-5-1)22-16-17-23(20-12-6-2-7-13-20)24(18-22)21-14-8-3-9-15-21;1-3-8-19(9-4-1)21-14-16-22(17-15-21)24-13-7-12-23(18-24)20-10-5-2-6-11-20/h1,3-5,8-11,14-18,20H,2,6-7,12-13H2;2,5-7,10-19H,1,3-4,8-9H2. The fourth-order valence-corrected chi connectivity index (χ4v) is 7.90. The van der Waals surface area contributed by atoms with Crippen LogP contribution in [0.15, 0.2) is 158 Å². The Balaban J connectivity index is 0.000000152. The van der Waals surface area contributed by atoms with Crippen molar-refractivity contribution in [2.24, 2.45) is 0 Å². The molecule has 2 saturated carbocycles. The largest absolute Gasteiger partial charge is 0.0622 e. The van der Waals surface area contributed by atoms with Crippen LogP contribution in [0.25, 0.3) is 44.5 Å². The van der Waals surface area contributed by atoms with Crippen molar-refractivity contribution in [1.29, 1.82) is 0 Å². The number of rotatable bonds is 6. The van der Waals surface area contributed by atoms with Crippen LogP contribution in [0.1, 0.15) is 87.2 Å². The molecule has 0 spiro atoms. The molecule has 2 aliphatic rings. The minimum absolute atomic E-state index is 0.721. The third-order valence-electron chi connectivity index (χ3n) is 10.6. The van der Waals surface area contributed by atoms with Crippen LogP contribution in [-0.2, 0) is 0 Å². The maximum atomic E-state index is 2.40. The van der Waals surface area contributed by atoms with E-state index in [4.69, 9.17) is 0 Å². The Morgan fingerprint density at radius 3 is 1.25 bits per heavy atom. The fraction of sp³-hybridized carbons (Fsp3) is 0.250. The molecule has 0 atom stereocenters. The van der Waals surface area contributed by atoms with E-state index in [9.17, 15) is 0 Å². The molecule has 0 bridgehead atoms. The minimum Gasteiger partial charge on any atom is -0.0622 e. The van der Waals surface area contributed by atoms with Gasteiger partial charge >= 0.3 is 0 Å². The molecule has 0 amide bonds. The van der Waals surface area contributed by atoms with Gasteiger partial charge in [-0.25, -0.2) is 0 Å². The first kappa shape index (κ1) is 31.9. The first-order chi connectivity index (χ1) is 23.8. The molecule has 240 valence electrons. The zero-order chi connectivity index (χ0) is 32.4. The average Bonchev–Trinajstić information content (AvgIpc) is 3.20. The second kappa shape index (κ2) is 15.9. The van der Waals surface area contributed by atoms with Gasteiger partial charge in [0.1, 0.15) is 0 Å². The van der Waals surface area contributed by atoms with Crippen molar-refractivity contribution in [2.45, 2.75) is 76.0 Å². The molecule has 0 aliphatic heterocycles. The Labute approximate surface area is 288 Å². The normalized spacial score (nSPS) is 15.3. The summed E-state index contributed by atoms with van der Waals surface area (Å²) in [6.07, 6.45) is 13.8. The summed E-state index contributed by atoms with van der Waals surface area (Å²) in [5, 5.41) is 0. The predicted molar refractivity (Wildman–Crippen MR) is 206 cm³/mol. The van der Waals surface area contributed by atoms with Gasteiger partial charge in [0.2, 0.25) is 0 Å². The van der Waals surface area contributed by atoms with E-state index in [-0.39, 0.29) is 0 Å². The highest BCUT2D eigenvalue weighted by atomic mass is 14.2. The van der Waals surface area contributed by atoms with E-state index in [1.165, 1.54) is 114 Å². The van der Waals surface area contributed by atoms with Crippen molar-refractivity contribution in [3.63, 3.8) is 0 Å². The van der Waals surface area contributed by atoms with Gasteiger partial charge in [0, 0.05) is 0 Å². The predicted octanol–water partition coefficient (Wildman–Crippen LogP) is 14.1. The van der Waals surface area contributed by atoms with Gasteiger partial charge in [0.15, 0.2) is 0 Å². The fourth-order valence-electron chi connectivity index (χ4n) is 7.90. The highest BCUT2D eigenvalue weighted by molar-refractivity contribution is 5.76. The van der Waals surface area contributed by atoms with Crippen LogP contribution >= 0.6 is 0 Å². The molecule has 0 radical (unpaired) electrons. The summed E-state index contributed by atoms with van der Waals surface area (Å²) in [5.74, 6) is 1.50. The van der Waals surface area contributed by atoms with E-state index in [1.807, 2.05) is 0 Å². The highest BCUT2D eigenvalue weighted by Crippen LogP contribution is 2.40. The topological polar surface area (TPSA) is 0 Å². The molecule has 6 aromatic rings. The maximum absolute atomic E-state index is 2.40. The number of hydrogen-bond donors (Lipinski definition) is 0. The maximum Gasteiger partial charge on any atom is -0.0143 e. The SMILES string of the molecule is c1ccc(-c2ccc(C3CCCCC3)c(-c3ccccc3)c2)cc1.c1ccc(-c2cccc(-c3ccc(C4CCCCC4)cc3)c2)cc1. The Morgan fingerprint density at radius 1 is 0.292 bits per heavy atom. The van der Waals surface area contributed by atoms with Gasteiger partial charge in [-0.2, -0.15) is 0 Å². The van der Waals surface area contributed by atoms with E-state index in [0.717, 1.165) is 11.8 Å². The zero-order valence-corrected chi connectivity index (χ0v) is 28.2. The number of benzene rings is 6. The Kier molecular flexibility index (Phi) is 10.6. The third-order valence-corrected chi connectivity index (χ3v) is 10.6. The summed E-state index contributed by atoms with van der Waals surface area (Å²) in [7, 11) is 0. The van der Waals surface area contributed by atoms with Crippen molar-refractivity contribution in [3.05, 3.63) is 169 Å². The summed E-state index contributed by atoms with van der Waals surface area (Å²) >= 11 is 0. The third kappa shape index (κ3) is 7.88. The van der Waals surface area contributed by atoms with Crippen molar-refractivity contribution < 1.29 is 0 Å². The Morgan fingerprint density at radius 2 is 0.708 bits per heavy atom. The highest BCUT2D eigenvalue weighted by Gasteiger charge is 2.20. The van der Waals surface area contributed by atoms with Gasteiger partial charge in [-0.15, -0.1) is 0 Å². The molecule has 0 nitrogen and oxygen atoms in total. The molecule has 0 heteroatoms. The lowest BCUT2D eigenvalue weighted by Crippen LogP contribution is -2.06. The average molecular weight is 625 g/mol.